The summed E-state index contributed by atoms with van der Waals surface area (Å²) in [4.78, 5) is 0. The van der Waals surface area contributed by atoms with Crippen molar-refractivity contribution in [2.45, 2.75) is 44.6 Å². The van der Waals surface area contributed by atoms with E-state index in [1.807, 2.05) is 19.1 Å². The molecule has 2 heteroatoms. The van der Waals surface area contributed by atoms with Crippen molar-refractivity contribution in [3.63, 3.8) is 0 Å². The van der Waals surface area contributed by atoms with E-state index < -0.39 is 0 Å². The Morgan fingerprint density at radius 1 is 1.18 bits per heavy atom. The normalized spacial score (nSPS) is 23.9. The smallest absolute Gasteiger partial charge is 0.119 e. The second-order valence-corrected chi connectivity index (χ2v) is 5.82. The van der Waals surface area contributed by atoms with Gasteiger partial charge in [0, 0.05) is 5.54 Å². The minimum atomic E-state index is -0.0643. The van der Waals surface area contributed by atoms with Gasteiger partial charge in [-0.2, -0.15) is 0 Å². The van der Waals surface area contributed by atoms with Gasteiger partial charge in [-0.25, -0.2) is 0 Å². The molecule has 17 heavy (non-hydrogen) atoms. The average Bonchev–Trinajstić information content (AvgIpc) is 2.24. The fraction of sp³-hybridized carbons (Fsp3) is 0.600. The zero-order valence-corrected chi connectivity index (χ0v) is 10.5. The molecule has 0 heterocycles. The van der Waals surface area contributed by atoms with Crippen LogP contribution in [0.25, 0.3) is 0 Å². The predicted octanol–water partition coefficient (Wildman–Crippen LogP) is 3.20. The summed E-state index contributed by atoms with van der Waals surface area (Å²) in [5, 5.41) is 0. The summed E-state index contributed by atoms with van der Waals surface area (Å²) in [7, 11) is 0. The van der Waals surface area contributed by atoms with E-state index in [0.29, 0.717) is 5.41 Å². The number of hydrogen-bond acceptors (Lipinski definition) is 2. The van der Waals surface area contributed by atoms with Crippen molar-refractivity contribution in [3.05, 3.63) is 29.8 Å². The Labute approximate surface area is 103 Å². The summed E-state index contributed by atoms with van der Waals surface area (Å²) in [5.74, 6) is 0.942. The van der Waals surface area contributed by atoms with Crippen molar-refractivity contribution in [2.75, 3.05) is 6.61 Å². The third-order valence-corrected chi connectivity index (χ3v) is 4.54. The van der Waals surface area contributed by atoms with Crippen LogP contribution >= 0.6 is 0 Å². The van der Waals surface area contributed by atoms with Gasteiger partial charge in [0.25, 0.3) is 0 Å². The SMILES string of the molecule is CCOc1ccc(C2(N)CC3(CCC3)C2)cc1. The molecule has 1 aromatic carbocycles. The van der Waals surface area contributed by atoms with Gasteiger partial charge in [-0.15, -0.1) is 0 Å². The van der Waals surface area contributed by atoms with Crippen LogP contribution in [0, 0.1) is 5.41 Å². The van der Waals surface area contributed by atoms with E-state index in [9.17, 15) is 0 Å². The number of rotatable bonds is 3. The van der Waals surface area contributed by atoms with Gasteiger partial charge in [-0.1, -0.05) is 18.6 Å². The van der Waals surface area contributed by atoms with Gasteiger partial charge >= 0.3 is 0 Å². The molecule has 0 atom stereocenters. The quantitative estimate of drug-likeness (QED) is 0.867. The van der Waals surface area contributed by atoms with Crippen molar-refractivity contribution in [1.82, 2.24) is 0 Å². The molecule has 0 unspecified atom stereocenters. The topological polar surface area (TPSA) is 35.2 Å². The molecule has 2 nitrogen and oxygen atoms in total. The Morgan fingerprint density at radius 2 is 1.82 bits per heavy atom. The first kappa shape index (κ1) is 11.1. The van der Waals surface area contributed by atoms with Crippen LogP contribution in [0.4, 0.5) is 0 Å². The monoisotopic (exact) mass is 231 g/mol. The van der Waals surface area contributed by atoms with Gasteiger partial charge in [0.15, 0.2) is 0 Å². The minimum absolute atomic E-state index is 0.0643. The van der Waals surface area contributed by atoms with E-state index in [1.54, 1.807) is 0 Å². The molecule has 0 aliphatic heterocycles. The lowest BCUT2D eigenvalue weighted by atomic mass is 9.47. The average molecular weight is 231 g/mol. The Morgan fingerprint density at radius 3 is 2.29 bits per heavy atom. The van der Waals surface area contributed by atoms with Gasteiger partial charge in [-0.05, 0) is 55.7 Å². The largest absolute Gasteiger partial charge is 0.494 e. The predicted molar refractivity (Wildman–Crippen MR) is 69.0 cm³/mol. The Kier molecular flexibility index (Phi) is 2.44. The minimum Gasteiger partial charge on any atom is -0.494 e. The molecule has 0 bridgehead atoms. The van der Waals surface area contributed by atoms with Gasteiger partial charge in [0.05, 0.1) is 6.61 Å². The fourth-order valence-electron chi connectivity index (χ4n) is 3.57. The lowest BCUT2D eigenvalue weighted by Crippen LogP contribution is -2.58. The Bertz CT molecular complexity index is 397. The second-order valence-electron chi connectivity index (χ2n) is 5.82. The van der Waals surface area contributed by atoms with Gasteiger partial charge in [0.1, 0.15) is 5.75 Å². The molecule has 0 amide bonds. The Hall–Kier alpha value is -1.02. The van der Waals surface area contributed by atoms with Crippen molar-refractivity contribution in [3.8, 4) is 5.75 Å². The maximum atomic E-state index is 6.49. The molecular formula is C15H21NO. The van der Waals surface area contributed by atoms with Crippen LogP contribution in [0.5, 0.6) is 5.75 Å². The fourth-order valence-corrected chi connectivity index (χ4v) is 3.57. The maximum absolute atomic E-state index is 6.49. The van der Waals surface area contributed by atoms with Crippen molar-refractivity contribution in [2.24, 2.45) is 11.1 Å². The van der Waals surface area contributed by atoms with E-state index in [1.165, 1.54) is 37.7 Å². The number of hydrogen-bond donors (Lipinski definition) is 1. The number of nitrogens with two attached hydrogens (primary N) is 1. The van der Waals surface area contributed by atoms with Crippen LogP contribution in [0.2, 0.25) is 0 Å². The molecule has 3 rings (SSSR count). The third kappa shape index (κ3) is 1.75. The highest BCUT2D eigenvalue weighted by atomic mass is 16.5. The third-order valence-electron chi connectivity index (χ3n) is 4.54. The van der Waals surface area contributed by atoms with Crippen molar-refractivity contribution < 1.29 is 4.74 Å². The van der Waals surface area contributed by atoms with Crippen LogP contribution < -0.4 is 10.5 Å². The highest BCUT2D eigenvalue weighted by Crippen LogP contribution is 2.62. The van der Waals surface area contributed by atoms with Crippen LogP contribution in [-0.2, 0) is 5.54 Å². The first-order chi connectivity index (χ1) is 8.16. The summed E-state index contributed by atoms with van der Waals surface area (Å²) in [6.45, 7) is 2.72. The standard InChI is InChI=1S/C15H21NO/c1-2-17-13-6-4-12(5-7-13)15(16)10-14(11-15)8-3-9-14/h4-7H,2-3,8-11,16H2,1H3. The first-order valence-electron chi connectivity index (χ1n) is 6.68. The highest BCUT2D eigenvalue weighted by Gasteiger charge is 2.55. The second kappa shape index (κ2) is 3.74. The molecule has 92 valence electrons. The van der Waals surface area contributed by atoms with Gasteiger partial charge in [0.2, 0.25) is 0 Å². The molecule has 1 spiro atoms. The summed E-state index contributed by atoms with van der Waals surface area (Å²) in [6, 6.07) is 8.35. The van der Waals surface area contributed by atoms with Gasteiger partial charge in [-0.3, -0.25) is 0 Å². The van der Waals surface area contributed by atoms with E-state index in [-0.39, 0.29) is 5.54 Å². The zero-order chi connectivity index (χ0) is 11.9. The summed E-state index contributed by atoms with van der Waals surface area (Å²) < 4.78 is 5.46. The van der Waals surface area contributed by atoms with Crippen LogP contribution in [-0.4, -0.2) is 6.61 Å². The molecule has 2 saturated carbocycles. The van der Waals surface area contributed by atoms with E-state index >= 15 is 0 Å². The van der Waals surface area contributed by atoms with E-state index in [0.717, 1.165) is 12.4 Å². The molecule has 2 N–H and O–H groups in total. The van der Waals surface area contributed by atoms with Crippen LogP contribution in [0.3, 0.4) is 0 Å². The van der Waals surface area contributed by atoms with E-state index in [2.05, 4.69) is 12.1 Å². The highest BCUT2D eigenvalue weighted by molar-refractivity contribution is 5.35. The Balaban J connectivity index is 1.72. The molecule has 2 aliphatic carbocycles. The number of benzene rings is 1. The molecule has 2 fully saturated rings. The van der Waals surface area contributed by atoms with Crippen LogP contribution in [0.1, 0.15) is 44.6 Å². The van der Waals surface area contributed by atoms with E-state index in [4.69, 9.17) is 10.5 Å². The molecule has 2 aliphatic rings. The summed E-state index contributed by atoms with van der Waals surface area (Å²) in [6.07, 6.45) is 6.53. The van der Waals surface area contributed by atoms with Crippen LogP contribution in [0.15, 0.2) is 24.3 Å². The summed E-state index contributed by atoms with van der Waals surface area (Å²) >= 11 is 0. The molecule has 1 aromatic rings. The number of ether oxygens (including phenoxy) is 1. The first-order valence-corrected chi connectivity index (χ1v) is 6.68. The molecule has 0 saturated heterocycles. The van der Waals surface area contributed by atoms with Gasteiger partial charge < -0.3 is 10.5 Å². The lowest BCUT2D eigenvalue weighted by Gasteiger charge is -2.60. The van der Waals surface area contributed by atoms with Crippen molar-refractivity contribution in [1.29, 1.82) is 0 Å². The zero-order valence-electron chi connectivity index (χ0n) is 10.5. The molecule has 0 aromatic heterocycles. The molecular weight excluding hydrogens is 210 g/mol. The summed E-state index contributed by atoms with van der Waals surface area (Å²) in [5.41, 5.74) is 8.32. The molecule has 0 radical (unpaired) electrons. The lowest BCUT2D eigenvalue weighted by molar-refractivity contribution is -0.0462. The maximum Gasteiger partial charge on any atom is 0.119 e. The van der Waals surface area contributed by atoms with Crippen molar-refractivity contribution >= 4 is 0 Å².